The molecule has 0 fully saturated rings. The van der Waals surface area contributed by atoms with E-state index in [4.69, 9.17) is 10.5 Å². The van der Waals surface area contributed by atoms with Crippen LogP contribution in [0, 0.1) is 0 Å². The largest absolute Gasteiger partial charge is 0.496 e. The maximum Gasteiger partial charge on any atom is 0.140 e. The van der Waals surface area contributed by atoms with Crippen molar-refractivity contribution < 1.29 is 4.74 Å². The lowest BCUT2D eigenvalue weighted by molar-refractivity contribution is 0.408. The van der Waals surface area contributed by atoms with E-state index in [0.29, 0.717) is 13.1 Å². The summed E-state index contributed by atoms with van der Waals surface area (Å²) < 4.78 is 8.58. The molecule has 0 aliphatic rings. The highest BCUT2D eigenvalue weighted by molar-refractivity contribution is 9.10. The van der Waals surface area contributed by atoms with Crippen molar-refractivity contribution in [2.75, 3.05) is 7.11 Å². The van der Waals surface area contributed by atoms with Crippen molar-refractivity contribution in [2.24, 2.45) is 5.73 Å². The Morgan fingerprint density at radius 1 is 1.29 bits per heavy atom. The van der Waals surface area contributed by atoms with E-state index in [2.05, 4.69) is 43.8 Å². The molecule has 0 unspecified atom stereocenters. The zero-order valence-electron chi connectivity index (χ0n) is 11.7. The van der Waals surface area contributed by atoms with E-state index >= 15 is 0 Å². The molecule has 0 atom stereocenters. The maximum atomic E-state index is 5.83. The fraction of sp³-hybridized carbons (Fsp3) is 0.188. The summed E-state index contributed by atoms with van der Waals surface area (Å²) in [5, 5.41) is 1.11. The second-order valence-corrected chi connectivity index (χ2v) is 5.73. The Morgan fingerprint density at radius 3 is 2.90 bits per heavy atom. The second-order valence-electron chi connectivity index (χ2n) is 4.82. The van der Waals surface area contributed by atoms with Gasteiger partial charge in [0.2, 0.25) is 0 Å². The summed E-state index contributed by atoms with van der Waals surface area (Å²) >= 11 is 3.51. The number of fused-ring (bicyclic) bond motifs is 1. The molecule has 0 saturated heterocycles. The maximum absolute atomic E-state index is 5.83. The van der Waals surface area contributed by atoms with Gasteiger partial charge in [-0.1, -0.05) is 15.9 Å². The third-order valence-electron chi connectivity index (χ3n) is 3.52. The molecule has 108 valence electrons. The molecule has 4 nitrogen and oxygen atoms in total. The number of nitrogens with zero attached hydrogens (tertiary/aromatic N) is 2. The first-order valence-electron chi connectivity index (χ1n) is 6.68. The average Bonchev–Trinajstić information content (AvgIpc) is 2.86. The number of aromatic nitrogens is 2. The van der Waals surface area contributed by atoms with Crippen molar-refractivity contribution in [1.29, 1.82) is 0 Å². The van der Waals surface area contributed by atoms with Gasteiger partial charge < -0.3 is 15.0 Å². The summed E-state index contributed by atoms with van der Waals surface area (Å²) in [6.45, 7) is 1.20. The summed E-state index contributed by atoms with van der Waals surface area (Å²) in [5.74, 6) is 0.866. The van der Waals surface area contributed by atoms with Gasteiger partial charge in [-0.15, -0.1) is 0 Å². The van der Waals surface area contributed by atoms with Crippen LogP contribution in [0.3, 0.4) is 0 Å². The van der Waals surface area contributed by atoms with E-state index in [0.717, 1.165) is 32.4 Å². The van der Waals surface area contributed by atoms with Crippen LogP contribution in [0.1, 0.15) is 11.1 Å². The lowest BCUT2D eigenvalue weighted by Crippen LogP contribution is -2.02. The summed E-state index contributed by atoms with van der Waals surface area (Å²) in [7, 11) is 1.68. The average molecular weight is 346 g/mol. The first-order valence-corrected chi connectivity index (χ1v) is 7.47. The SMILES string of the molecule is COc1ccc(Br)cc1Cn1cc(CN)c2cccnc21. The number of pyridine rings is 1. The van der Waals surface area contributed by atoms with Gasteiger partial charge >= 0.3 is 0 Å². The van der Waals surface area contributed by atoms with E-state index in [-0.39, 0.29) is 0 Å². The molecule has 5 heteroatoms. The van der Waals surface area contributed by atoms with Crippen LogP contribution in [0.4, 0.5) is 0 Å². The number of benzene rings is 1. The highest BCUT2D eigenvalue weighted by Crippen LogP contribution is 2.26. The van der Waals surface area contributed by atoms with Crippen LogP contribution in [-0.4, -0.2) is 16.7 Å². The highest BCUT2D eigenvalue weighted by Gasteiger charge is 2.11. The fourth-order valence-electron chi connectivity index (χ4n) is 2.53. The van der Waals surface area contributed by atoms with Crippen LogP contribution in [0.5, 0.6) is 5.75 Å². The minimum atomic E-state index is 0.505. The molecule has 1 aromatic carbocycles. The fourth-order valence-corrected chi connectivity index (χ4v) is 2.94. The van der Waals surface area contributed by atoms with Gasteiger partial charge in [0.05, 0.1) is 13.7 Å². The molecular formula is C16H16BrN3O. The smallest absolute Gasteiger partial charge is 0.140 e. The van der Waals surface area contributed by atoms with Gasteiger partial charge in [-0.05, 0) is 35.9 Å². The third kappa shape index (κ3) is 2.66. The van der Waals surface area contributed by atoms with E-state index in [9.17, 15) is 0 Å². The molecule has 0 aliphatic heterocycles. The summed E-state index contributed by atoms with van der Waals surface area (Å²) in [6, 6.07) is 9.99. The Balaban J connectivity index is 2.08. The monoisotopic (exact) mass is 345 g/mol. The Morgan fingerprint density at radius 2 is 2.14 bits per heavy atom. The van der Waals surface area contributed by atoms with Crippen LogP contribution in [0.25, 0.3) is 11.0 Å². The third-order valence-corrected chi connectivity index (χ3v) is 4.01. The predicted octanol–water partition coefficient (Wildman–Crippen LogP) is 3.31. The predicted molar refractivity (Wildman–Crippen MR) is 87.4 cm³/mol. The molecular weight excluding hydrogens is 330 g/mol. The van der Waals surface area contributed by atoms with Crippen molar-refractivity contribution >= 4 is 27.0 Å². The highest BCUT2D eigenvalue weighted by atomic mass is 79.9. The number of methoxy groups -OCH3 is 1. The van der Waals surface area contributed by atoms with Crippen molar-refractivity contribution in [3.05, 3.63) is 58.3 Å². The Kier molecular flexibility index (Phi) is 3.94. The number of halogens is 1. The van der Waals surface area contributed by atoms with E-state index in [1.54, 1.807) is 13.3 Å². The quantitative estimate of drug-likeness (QED) is 0.789. The zero-order chi connectivity index (χ0) is 14.8. The van der Waals surface area contributed by atoms with Crippen molar-refractivity contribution in [2.45, 2.75) is 13.1 Å². The Bertz CT molecular complexity index is 782. The van der Waals surface area contributed by atoms with Gasteiger partial charge in [-0.2, -0.15) is 0 Å². The van der Waals surface area contributed by atoms with Gasteiger partial charge in [0.15, 0.2) is 0 Å². The van der Waals surface area contributed by atoms with Crippen molar-refractivity contribution in [3.8, 4) is 5.75 Å². The van der Waals surface area contributed by atoms with Gasteiger partial charge in [0.25, 0.3) is 0 Å². The zero-order valence-corrected chi connectivity index (χ0v) is 13.3. The number of ether oxygens (including phenoxy) is 1. The van der Waals surface area contributed by atoms with Crippen LogP contribution in [0.15, 0.2) is 47.2 Å². The first kappa shape index (κ1) is 14.1. The van der Waals surface area contributed by atoms with E-state index in [1.165, 1.54) is 0 Å². The van der Waals surface area contributed by atoms with Gasteiger partial charge in [0.1, 0.15) is 11.4 Å². The molecule has 0 radical (unpaired) electrons. The van der Waals surface area contributed by atoms with E-state index < -0.39 is 0 Å². The van der Waals surface area contributed by atoms with Crippen LogP contribution >= 0.6 is 15.9 Å². The first-order chi connectivity index (χ1) is 10.2. The minimum Gasteiger partial charge on any atom is -0.496 e. The number of hydrogen-bond acceptors (Lipinski definition) is 3. The molecule has 2 heterocycles. The van der Waals surface area contributed by atoms with Crippen LogP contribution < -0.4 is 10.5 Å². The van der Waals surface area contributed by atoms with Gasteiger partial charge in [0, 0.05) is 34.4 Å². The Labute approximate surface area is 131 Å². The normalized spacial score (nSPS) is 11.0. The molecule has 2 N–H and O–H groups in total. The number of hydrogen-bond donors (Lipinski definition) is 1. The summed E-state index contributed by atoms with van der Waals surface area (Å²) in [6.07, 6.45) is 3.87. The second kappa shape index (κ2) is 5.87. The summed E-state index contributed by atoms with van der Waals surface area (Å²) in [4.78, 5) is 4.48. The molecule has 21 heavy (non-hydrogen) atoms. The van der Waals surface area contributed by atoms with Gasteiger partial charge in [-0.25, -0.2) is 4.98 Å². The standard InChI is InChI=1S/C16H16BrN3O/c1-21-15-5-4-13(17)7-11(15)9-20-10-12(8-18)14-3-2-6-19-16(14)20/h2-7,10H,8-9,18H2,1H3. The van der Waals surface area contributed by atoms with Crippen LogP contribution in [-0.2, 0) is 13.1 Å². The molecule has 0 aliphatic carbocycles. The molecule has 2 aromatic heterocycles. The number of nitrogens with two attached hydrogens (primary N) is 1. The van der Waals surface area contributed by atoms with Crippen LogP contribution in [0.2, 0.25) is 0 Å². The minimum absolute atomic E-state index is 0.505. The number of rotatable bonds is 4. The van der Waals surface area contributed by atoms with E-state index in [1.807, 2.05) is 18.2 Å². The molecule has 0 bridgehead atoms. The lowest BCUT2D eigenvalue weighted by Gasteiger charge is -2.10. The Hall–Kier alpha value is -1.85. The van der Waals surface area contributed by atoms with Crippen molar-refractivity contribution in [1.82, 2.24) is 9.55 Å². The summed E-state index contributed by atoms with van der Waals surface area (Å²) in [5.41, 5.74) is 8.97. The lowest BCUT2D eigenvalue weighted by atomic mass is 10.2. The molecule has 0 saturated carbocycles. The molecule has 3 rings (SSSR count). The van der Waals surface area contributed by atoms with Crippen molar-refractivity contribution in [3.63, 3.8) is 0 Å². The molecule has 0 spiro atoms. The topological polar surface area (TPSA) is 53.1 Å². The molecule has 0 amide bonds. The van der Waals surface area contributed by atoms with Gasteiger partial charge in [-0.3, -0.25) is 0 Å². The molecule has 3 aromatic rings.